The first-order valence-corrected chi connectivity index (χ1v) is 5.38. The molecular weight excluding hydrogens is 235 g/mol. The fourth-order valence-corrected chi connectivity index (χ4v) is 2.09. The van der Waals surface area contributed by atoms with E-state index in [2.05, 4.69) is 0 Å². The van der Waals surface area contributed by atoms with E-state index in [0.717, 1.165) is 11.1 Å². The second-order valence-corrected chi connectivity index (χ2v) is 4.64. The molecule has 0 aliphatic rings. The molecule has 0 fully saturated rings. The average Bonchev–Trinajstić information content (AvgIpc) is 1.94. The van der Waals surface area contributed by atoms with E-state index in [1.807, 2.05) is 6.92 Å². The van der Waals surface area contributed by atoms with E-state index >= 15 is 0 Å². The van der Waals surface area contributed by atoms with Crippen molar-refractivity contribution in [1.29, 1.82) is 0 Å². The molecule has 1 rings (SSSR count). The van der Waals surface area contributed by atoms with E-state index in [9.17, 15) is 8.42 Å². The van der Waals surface area contributed by atoms with Crippen molar-refractivity contribution in [2.45, 2.75) is 18.7 Å². The van der Waals surface area contributed by atoms with Gasteiger partial charge < -0.3 is 1.43 Å². The van der Waals surface area contributed by atoms with Gasteiger partial charge in [-0.15, -0.1) is 0 Å². The molecule has 0 radical (unpaired) electrons. The molecule has 0 spiro atoms. The van der Waals surface area contributed by atoms with Crippen LogP contribution >= 0.6 is 11.6 Å². The Labute approximate surface area is 112 Å². The Bertz CT molecular complexity index is 447. The molecule has 0 amide bonds. The van der Waals surface area contributed by atoms with Crippen molar-refractivity contribution in [2.24, 2.45) is 0 Å². The molecule has 0 saturated carbocycles. The van der Waals surface area contributed by atoms with Gasteiger partial charge >= 0.3 is 29.6 Å². The summed E-state index contributed by atoms with van der Waals surface area (Å²) in [7, 11) is -4.20. The summed E-state index contributed by atoms with van der Waals surface area (Å²) in [5.41, 5.74) is 1.66. The molecule has 6 heteroatoms. The molecule has 0 saturated heterocycles. The molecule has 1 N–H and O–H groups in total. The Balaban J connectivity index is 0. The van der Waals surface area contributed by atoms with Gasteiger partial charge in [-0.05, 0) is 37.1 Å². The summed E-state index contributed by atoms with van der Waals surface area (Å²) in [5.74, 6) is 0. The van der Waals surface area contributed by atoms with Crippen LogP contribution in [0, 0.1) is 13.8 Å². The number of rotatable bonds is 1. The summed E-state index contributed by atoms with van der Waals surface area (Å²) >= 11 is 5.65. The Morgan fingerprint density at radius 3 is 2.14 bits per heavy atom. The first-order valence-electron chi connectivity index (χ1n) is 3.56. The molecule has 0 aromatic heterocycles. The van der Waals surface area contributed by atoms with E-state index in [4.69, 9.17) is 16.2 Å². The van der Waals surface area contributed by atoms with Crippen molar-refractivity contribution in [2.75, 3.05) is 0 Å². The Hall–Kier alpha value is 0.420. The van der Waals surface area contributed by atoms with Crippen molar-refractivity contribution in [3.05, 3.63) is 28.3 Å². The zero-order chi connectivity index (χ0) is 10.2. The SMILES string of the molecule is Cc1cc(Cl)c(S(=O)(=O)O)cc1C.[H-].[Na+]. The van der Waals surface area contributed by atoms with Crippen LogP contribution in [-0.2, 0) is 10.1 Å². The van der Waals surface area contributed by atoms with Crippen LogP contribution < -0.4 is 29.6 Å². The van der Waals surface area contributed by atoms with Gasteiger partial charge in [0, 0.05) is 0 Å². The average molecular weight is 245 g/mol. The van der Waals surface area contributed by atoms with E-state index < -0.39 is 10.1 Å². The number of hydrogen-bond acceptors (Lipinski definition) is 2. The smallest absolute Gasteiger partial charge is 1.00 e. The minimum absolute atomic E-state index is 0. The number of benzene rings is 1. The molecule has 0 aliphatic heterocycles. The molecule has 0 unspecified atom stereocenters. The molecule has 1 aromatic carbocycles. The van der Waals surface area contributed by atoms with Crippen LogP contribution in [0.2, 0.25) is 5.02 Å². The maximum absolute atomic E-state index is 10.8. The molecule has 0 heterocycles. The second-order valence-electron chi connectivity index (χ2n) is 2.84. The maximum atomic E-state index is 10.8. The normalized spacial score (nSPS) is 10.9. The van der Waals surface area contributed by atoms with Crippen LogP contribution in [0.15, 0.2) is 17.0 Å². The summed E-state index contributed by atoms with van der Waals surface area (Å²) in [6, 6.07) is 2.87. The minimum atomic E-state index is -4.20. The topological polar surface area (TPSA) is 54.4 Å². The van der Waals surface area contributed by atoms with Crippen LogP contribution in [0.3, 0.4) is 0 Å². The van der Waals surface area contributed by atoms with E-state index in [1.54, 1.807) is 6.92 Å². The van der Waals surface area contributed by atoms with Gasteiger partial charge in [-0.3, -0.25) is 4.55 Å². The Kier molecular flexibility index (Phi) is 5.11. The minimum Gasteiger partial charge on any atom is -1.00 e. The van der Waals surface area contributed by atoms with Crippen molar-refractivity contribution >= 4 is 21.7 Å². The van der Waals surface area contributed by atoms with Crippen molar-refractivity contribution < 1.29 is 44.0 Å². The standard InChI is InChI=1S/C8H9ClO3S.Na.H/c1-5-3-7(9)8(4-6(5)2)13(10,11)12;;/h3-4H,1-2H3,(H,10,11,12);;/q;+1;-1. The summed E-state index contributed by atoms with van der Waals surface area (Å²) in [6.07, 6.45) is 0. The molecule has 74 valence electrons. The third-order valence-corrected chi connectivity index (χ3v) is 3.14. The van der Waals surface area contributed by atoms with Crippen LogP contribution in [-0.4, -0.2) is 13.0 Å². The van der Waals surface area contributed by atoms with Gasteiger partial charge in [0.05, 0.1) is 5.02 Å². The van der Waals surface area contributed by atoms with Crippen LogP contribution in [0.1, 0.15) is 12.6 Å². The van der Waals surface area contributed by atoms with Crippen LogP contribution in [0.4, 0.5) is 0 Å². The van der Waals surface area contributed by atoms with E-state index in [-0.39, 0.29) is 40.9 Å². The van der Waals surface area contributed by atoms with Gasteiger partial charge in [0.15, 0.2) is 0 Å². The van der Waals surface area contributed by atoms with Crippen molar-refractivity contribution in [3.8, 4) is 0 Å². The van der Waals surface area contributed by atoms with Crippen molar-refractivity contribution in [3.63, 3.8) is 0 Å². The predicted molar refractivity (Wildman–Crippen MR) is 51.9 cm³/mol. The fraction of sp³-hybridized carbons (Fsp3) is 0.250. The summed E-state index contributed by atoms with van der Waals surface area (Å²) in [6.45, 7) is 3.56. The molecule has 0 atom stereocenters. The molecule has 0 aliphatic carbocycles. The van der Waals surface area contributed by atoms with Gasteiger partial charge in [-0.25, -0.2) is 0 Å². The second kappa shape index (κ2) is 4.96. The first-order chi connectivity index (χ1) is 5.82. The van der Waals surface area contributed by atoms with Gasteiger partial charge in [0.25, 0.3) is 10.1 Å². The molecule has 1 aromatic rings. The zero-order valence-electron chi connectivity index (χ0n) is 9.20. The first kappa shape index (κ1) is 14.4. The van der Waals surface area contributed by atoms with Crippen LogP contribution in [0.25, 0.3) is 0 Å². The van der Waals surface area contributed by atoms with Gasteiger partial charge in [0.2, 0.25) is 0 Å². The molecule has 0 bridgehead atoms. The Morgan fingerprint density at radius 1 is 1.29 bits per heavy atom. The summed E-state index contributed by atoms with van der Waals surface area (Å²) < 4.78 is 30.3. The molecular formula is C8H10ClNaO3S. The zero-order valence-corrected chi connectivity index (χ0v) is 11.8. The van der Waals surface area contributed by atoms with Gasteiger partial charge in [-0.1, -0.05) is 11.6 Å². The van der Waals surface area contributed by atoms with Gasteiger partial charge in [0.1, 0.15) is 4.90 Å². The van der Waals surface area contributed by atoms with Crippen molar-refractivity contribution in [1.82, 2.24) is 0 Å². The van der Waals surface area contributed by atoms with E-state index in [1.165, 1.54) is 12.1 Å². The largest absolute Gasteiger partial charge is 1.00 e. The third-order valence-electron chi connectivity index (χ3n) is 1.83. The summed E-state index contributed by atoms with van der Waals surface area (Å²) in [5, 5.41) is 0.0469. The predicted octanol–water partition coefficient (Wildman–Crippen LogP) is -0.680. The molecule has 14 heavy (non-hydrogen) atoms. The monoisotopic (exact) mass is 244 g/mol. The van der Waals surface area contributed by atoms with E-state index in [0.29, 0.717) is 0 Å². The number of halogens is 1. The maximum Gasteiger partial charge on any atom is 1.00 e. The summed E-state index contributed by atoms with van der Waals surface area (Å²) in [4.78, 5) is -0.239. The molecule has 3 nitrogen and oxygen atoms in total. The Morgan fingerprint density at radius 2 is 1.71 bits per heavy atom. The number of hydrogen-bond donors (Lipinski definition) is 1. The number of aryl methyl sites for hydroxylation is 2. The fourth-order valence-electron chi connectivity index (χ4n) is 0.952. The quantitative estimate of drug-likeness (QED) is 0.526. The van der Waals surface area contributed by atoms with Crippen LogP contribution in [0.5, 0.6) is 0 Å². The van der Waals surface area contributed by atoms with Gasteiger partial charge in [-0.2, -0.15) is 8.42 Å². The third kappa shape index (κ3) is 3.22.